The van der Waals surface area contributed by atoms with Crippen molar-refractivity contribution < 1.29 is 13.2 Å². The number of hydrogen-bond acceptors (Lipinski definition) is 7. The molecule has 3 rings (SSSR count). The molecule has 0 bridgehead atoms. The average Bonchev–Trinajstić information content (AvgIpc) is 3.03. The maximum absolute atomic E-state index is 11.8. The van der Waals surface area contributed by atoms with Crippen LogP contribution < -0.4 is 10.9 Å². The number of rotatable bonds is 4. The Balaban J connectivity index is 1.59. The van der Waals surface area contributed by atoms with E-state index in [2.05, 4.69) is 25.3 Å². The van der Waals surface area contributed by atoms with Gasteiger partial charge in [-0.15, -0.1) is 0 Å². The van der Waals surface area contributed by atoms with Crippen molar-refractivity contribution in [1.82, 2.24) is 25.3 Å². The van der Waals surface area contributed by atoms with Gasteiger partial charge in [-0.2, -0.15) is 0 Å². The second-order valence-electron chi connectivity index (χ2n) is 4.93. The third kappa shape index (κ3) is 3.30. The van der Waals surface area contributed by atoms with Crippen LogP contribution in [0.15, 0.2) is 16.3 Å². The van der Waals surface area contributed by atoms with Crippen LogP contribution in [0.1, 0.15) is 6.42 Å². The first-order valence-corrected chi connectivity index (χ1v) is 9.30. The highest BCUT2D eigenvalue weighted by Gasteiger charge is 2.28. The number of hydrogen-bond donors (Lipinski definition) is 3. The fourth-order valence-corrected chi connectivity index (χ4v) is 4.54. The second-order valence-corrected chi connectivity index (χ2v) is 8.12. The number of H-pyrrole nitrogens is 2. The summed E-state index contributed by atoms with van der Waals surface area (Å²) in [5, 5.41) is 2.96. The Labute approximate surface area is 129 Å². The fourth-order valence-electron chi connectivity index (χ4n) is 2.20. The first-order valence-electron chi connectivity index (χ1n) is 6.49. The van der Waals surface area contributed by atoms with E-state index in [0.717, 1.165) is 11.8 Å². The molecule has 1 aliphatic heterocycles. The van der Waals surface area contributed by atoms with E-state index in [9.17, 15) is 18.0 Å². The maximum Gasteiger partial charge on any atom is 0.277 e. The number of nitrogens with one attached hydrogen (secondary N) is 3. The third-order valence-electron chi connectivity index (χ3n) is 3.21. The smallest absolute Gasteiger partial charge is 0.277 e. The minimum atomic E-state index is -3.02. The number of aromatic amines is 2. The monoisotopic (exact) mass is 343 g/mol. The summed E-state index contributed by atoms with van der Waals surface area (Å²) >= 11 is 1.06. The lowest BCUT2D eigenvalue weighted by Crippen LogP contribution is -2.36. The molecule has 0 spiro atoms. The van der Waals surface area contributed by atoms with Crippen molar-refractivity contribution in [2.45, 2.75) is 17.6 Å². The molecule has 0 saturated carbocycles. The molecule has 2 aromatic heterocycles. The summed E-state index contributed by atoms with van der Waals surface area (Å²) in [4.78, 5) is 36.8. The lowest BCUT2D eigenvalue weighted by molar-refractivity contribution is -0.119. The third-order valence-corrected chi connectivity index (χ3v) is 5.85. The zero-order valence-corrected chi connectivity index (χ0v) is 13.0. The van der Waals surface area contributed by atoms with Crippen LogP contribution in [-0.2, 0) is 14.6 Å². The highest BCUT2D eigenvalue weighted by atomic mass is 32.2. The molecule has 3 N–H and O–H groups in total. The van der Waals surface area contributed by atoms with E-state index in [1.54, 1.807) is 0 Å². The minimum Gasteiger partial charge on any atom is -0.352 e. The van der Waals surface area contributed by atoms with Gasteiger partial charge in [0.05, 0.1) is 23.6 Å². The van der Waals surface area contributed by atoms with Gasteiger partial charge in [0.25, 0.3) is 5.56 Å². The highest BCUT2D eigenvalue weighted by molar-refractivity contribution is 7.99. The lowest BCUT2D eigenvalue weighted by Gasteiger charge is -2.10. The predicted molar refractivity (Wildman–Crippen MR) is 80.4 cm³/mol. The zero-order valence-electron chi connectivity index (χ0n) is 11.3. The molecule has 1 fully saturated rings. The van der Waals surface area contributed by atoms with Gasteiger partial charge in [-0.05, 0) is 6.42 Å². The zero-order chi connectivity index (χ0) is 15.7. The SMILES string of the molecule is O=C(CSc1nc2nc[nH]c2c(=O)[nH]1)N[C@@H]1CCS(=O)(=O)C1. The van der Waals surface area contributed by atoms with E-state index in [4.69, 9.17) is 0 Å². The Morgan fingerprint density at radius 1 is 1.50 bits per heavy atom. The molecule has 11 heteroatoms. The van der Waals surface area contributed by atoms with E-state index < -0.39 is 9.84 Å². The lowest BCUT2D eigenvalue weighted by atomic mass is 10.3. The first-order chi connectivity index (χ1) is 10.4. The molecule has 0 aromatic carbocycles. The number of thioether (sulfide) groups is 1. The molecule has 1 amide bonds. The van der Waals surface area contributed by atoms with Gasteiger partial charge in [-0.1, -0.05) is 11.8 Å². The molecule has 1 saturated heterocycles. The summed E-state index contributed by atoms with van der Waals surface area (Å²) in [5.74, 6) is -0.167. The number of carbonyl (C=O) groups excluding carboxylic acids is 1. The van der Waals surface area contributed by atoms with Crippen molar-refractivity contribution in [3.8, 4) is 0 Å². The van der Waals surface area contributed by atoms with Crippen molar-refractivity contribution >= 4 is 38.7 Å². The standard InChI is InChI=1S/C11H13N5O4S2/c17-7(14-6-1-2-22(19,20)4-6)3-21-11-15-9-8(10(18)16-11)12-5-13-9/h5-6H,1-4H2,(H,14,17)(H2,12,13,15,16,18)/t6-/m1/s1. The van der Waals surface area contributed by atoms with Crippen LogP contribution in [0.3, 0.4) is 0 Å². The van der Waals surface area contributed by atoms with E-state index in [1.807, 2.05) is 0 Å². The summed E-state index contributed by atoms with van der Waals surface area (Å²) in [6, 6.07) is -0.334. The van der Waals surface area contributed by atoms with Crippen molar-refractivity contribution in [2.75, 3.05) is 17.3 Å². The molecule has 0 unspecified atom stereocenters. The van der Waals surface area contributed by atoms with Gasteiger partial charge in [0.15, 0.2) is 26.2 Å². The second kappa shape index (κ2) is 5.72. The van der Waals surface area contributed by atoms with Crippen LogP contribution in [0.4, 0.5) is 0 Å². The Hall–Kier alpha value is -1.88. The molecule has 1 aliphatic rings. The molecular weight excluding hydrogens is 330 g/mol. The molecule has 2 aromatic rings. The quantitative estimate of drug-likeness (QED) is 0.480. The summed E-state index contributed by atoms with van der Waals surface area (Å²) in [6.45, 7) is 0. The van der Waals surface area contributed by atoms with E-state index in [1.165, 1.54) is 6.33 Å². The Morgan fingerprint density at radius 3 is 3.05 bits per heavy atom. The van der Waals surface area contributed by atoms with Crippen LogP contribution in [0.25, 0.3) is 11.2 Å². The number of nitrogens with zero attached hydrogens (tertiary/aromatic N) is 2. The van der Waals surface area contributed by atoms with Crippen molar-refractivity contribution in [3.63, 3.8) is 0 Å². The average molecular weight is 343 g/mol. The van der Waals surface area contributed by atoms with Crippen molar-refractivity contribution in [3.05, 3.63) is 16.7 Å². The van der Waals surface area contributed by atoms with Gasteiger partial charge < -0.3 is 10.3 Å². The van der Waals surface area contributed by atoms with Crippen molar-refractivity contribution in [2.24, 2.45) is 0 Å². The van der Waals surface area contributed by atoms with Gasteiger partial charge in [-0.3, -0.25) is 14.6 Å². The number of aromatic nitrogens is 4. The van der Waals surface area contributed by atoms with Gasteiger partial charge in [-0.25, -0.2) is 18.4 Å². The predicted octanol–water partition coefficient (Wildman–Crippen LogP) is -0.958. The number of fused-ring (bicyclic) bond motifs is 1. The number of carbonyl (C=O) groups is 1. The molecule has 3 heterocycles. The Bertz CT molecular complexity index is 872. The summed E-state index contributed by atoms with van der Waals surface area (Å²) in [7, 11) is -3.02. The number of amides is 1. The molecule has 9 nitrogen and oxygen atoms in total. The van der Waals surface area contributed by atoms with Gasteiger partial charge in [0, 0.05) is 6.04 Å². The molecule has 0 radical (unpaired) electrons. The fraction of sp³-hybridized carbons (Fsp3) is 0.455. The first kappa shape index (κ1) is 15.0. The van der Waals surface area contributed by atoms with Crippen LogP contribution in [-0.4, -0.2) is 57.6 Å². The normalized spacial score (nSPS) is 20.3. The van der Waals surface area contributed by atoms with Crippen molar-refractivity contribution in [1.29, 1.82) is 0 Å². The Morgan fingerprint density at radius 2 is 2.32 bits per heavy atom. The molecule has 0 aliphatic carbocycles. The molecular formula is C11H13N5O4S2. The van der Waals surface area contributed by atoms with Gasteiger partial charge in [0.2, 0.25) is 5.91 Å². The highest BCUT2D eigenvalue weighted by Crippen LogP contribution is 2.14. The summed E-state index contributed by atoms with van der Waals surface area (Å²) in [5.41, 5.74) is 0.214. The number of sulfone groups is 1. The Kier molecular flexibility index (Phi) is 3.91. The minimum absolute atomic E-state index is 0.0162. The van der Waals surface area contributed by atoms with Crippen LogP contribution in [0.2, 0.25) is 0 Å². The van der Waals surface area contributed by atoms with Gasteiger partial charge in [0.1, 0.15) is 0 Å². The molecule has 118 valence electrons. The van der Waals surface area contributed by atoms with Crippen LogP contribution in [0, 0.1) is 0 Å². The topological polar surface area (TPSA) is 138 Å². The van der Waals surface area contributed by atoms with E-state index in [0.29, 0.717) is 11.6 Å². The molecule has 1 atom stereocenters. The maximum atomic E-state index is 11.8. The van der Waals surface area contributed by atoms with Crippen LogP contribution >= 0.6 is 11.8 Å². The largest absolute Gasteiger partial charge is 0.352 e. The summed E-state index contributed by atoms with van der Waals surface area (Å²) in [6.07, 6.45) is 1.81. The van der Waals surface area contributed by atoms with E-state index >= 15 is 0 Å². The molecule has 22 heavy (non-hydrogen) atoms. The van der Waals surface area contributed by atoms with E-state index in [-0.39, 0.29) is 45.9 Å². The summed E-state index contributed by atoms with van der Waals surface area (Å²) < 4.78 is 22.6. The van der Waals surface area contributed by atoms with Gasteiger partial charge >= 0.3 is 0 Å². The van der Waals surface area contributed by atoms with Crippen LogP contribution in [0.5, 0.6) is 0 Å². The number of imidazole rings is 1.